The lowest BCUT2D eigenvalue weighted by Gasteiger charge is -2.41. The molecule has 1 aliphatic heterocycles. The number of nitrogens with zero attached hydrogens (tertiary/aromatic N) is 7. The van der Waals surface area contributed by atoms with Gasteiger partial charge in [0, 0.05) is 0 Å². The van der Waals surface area contributed by atoms with Crippen molar-refractivity contribution >= 4 is 17.7 Å². The molecule has 2 aromatic heterocycles. The van der Waals surface area contributed by atoms with E-state index < -0.39 is 0 Å². The summed E-state index contributed by atoms with van der Waals surface area (Å²) >= 11 is 0. The number of carbonyl (C=O) groups excluding carboxylic acids is 3. The van der Waals surface area contributed by atoms with Crippen LogP contribution in [0.4, 0.5) is 0 Å². The summed E-state index contributed by atoms with van der Waals surface area (Å²) in [6, 6.07) is 0. The number of unbranched alkanes of at least 4 members (excludes halogenated alkanes) is 18. The Morgan fingerprint density at radius 2 is 0.885 bits per heavy atom. The lowest BCUT2D eigenvalue weighted by molar-refractivity contribution is -0.697. The van der Waals surface area contributed by atoms with Crippen LogP contribution in [-0.4, -0.2) is 61.6 Å². The standard InChI is InChI=1S/C42H73N7O3/c1-4-7-9-11-13-15-17-19-21-23-27-43-31-33-45(35-43)29-25-41(51)48-37-47(40(50)6-3)38-49(39-48)42(52)26-30-46-34-32-44(36-46)28-24-22-20-18-16-14-12-10-8-5-2/h6,31-36H,3-5,7-30,37-39H2,1-2H3/q+2. The molecule has 0 N–H and O–H groups in total. The van der Waals surface area contributed by atoms with E-state index >= 15 is 0 Å². The summed E-state index contributed by atoms with van der Waals surface area (Å²) in [5.74, 6) is -0.437. The molecule has 0 aromatic carbocycles. The molecule has 0 unspecified atom stereocenters. The summed E-state index contributed by atoms with van der Waals surface area (Å²) in [6.45, 7) is 11.7. The van der Waals surface area contributed by atoms with Gasteiger partial charge in [-0.2, -0.15) is 0 Å². The summed E-state index contributed by atoms with van der Waals surface area (Å²) in [7, 11) is 0. The molecule has 52 heavy (non-hydrogen) atoms. The van der Waals surface area contributed by atoms with E-state index in [0.717, 1.165) is 25.9 Å². The smallest absolute Gasteiger partial charge is 0.248 e. The molecule has 1 aliphatic rings. The molecule has 1 saturated heterocycles. The van der Waals surface area contributed by atoms with Crippen LogP contribution in [-0.2, 0) is 40.6 Å². The van der Waals surface area contributed by atoms with Gasteiger partial charge in [0.15, 0.2) is 0 Å². The molecule has 0 bridgehead atoms. The molecule has 292 valence electrons. The average Bonchev–Trinajstić information content (AvgIpc) is 3.83. The quantitative estimate of drug-likeness (QED) is 0.0490. The number of rotatable bonds is 29. The molecular weight excluding hydrogens is 651 g/mol. The van der Waals surface area contributed by atoms with Gasteiger partial charge in [-0.15, -0.1) is 0 Å². The zero-order valence-corrected chi connectivity index (χ0v) is 33.1. The predicted molar refractivity (Wildman–Crippen MR) is 208 cm³/mol. The normalized spacial score (nSPS) is 13.2. The molecular formula is C42H73N7O3+2. The highest BCUT2D eigenvalue weighted by Crippen LogP contribution is 2.14. The molecule has 0 aliphatic carbocycles. The molecule has 10 nitrogen and oxygen atoms in total. The monoisotopic (exact) mass is 724 g/mol. The van der Waals surface area contributed by atoms with Crippen molar-refractivity contribution < 1.29 is 23.5 Å². The molecule has 0 spiro atoms. The Balaban J connectivity index is 1.35. The summed E-state index contributed by atoms with van der Waals surface area (Å²) in [5.41, 5.74) is 0. The number of amides is 3. The largest absolute Gasteiger partial charge is 0.307 e. The first-order valence-corrected chi connectivity index (χ1v) is 21.0. The maximum atomic E-state index is 13.4. The van der Waals surface area contributed by atoms with E-state index in [-0.39, 0.29) is 37.7 Å². The van der Waals surface area contributed by atoms with Crippen LogP contribution in [0.15, 0.2) is 50.1 Å². The molecule has 1 fully saturated rings. The minimum atomic E-state index is -0.285. The number of carbonyl (C=O) groups is 3. The van der Waals surface area contributed by atoms with E-state index in [0.29, 0.717) is 25.9 Å². The van der Waals surface area contributed by atoms with Crippen molar-refractivity contribution in [3.05, 3.63) is 50.1 Å². The van der Waals surface area contributed by atoms with Crippen LogP contribution < -0.4 is 9.13 Å². The van der Waals surface area contributed by atoms with Gasteiger partial charge in [0.25, 0.3) is 0 Å². The van der Waals surface area contributed by atoms with E-state index in [2.05, 4.69) is 54.6 Å². The molecule has 3 heterocycles. The van der Waals surface area contributed by atoms with Gasteiger partial charge in [0.05, 0.1) is 59.0 Å². The number of hydrogen-bond donors (Lipinski definition) is 0. The fourth-order valence-corrected chi connectivity index (χ4v) is 7.07. The summed E-state index contributed by atoms with van der Waals surface area (Å²) in [5, 5.41) is 0. The van der Waals surface area contributed by atoms with Crippen LogP contribution in [0.25, 0.3) is 0 Å². The third-order valence-corrected chi connectivity index (χ3v) is 10.4. The summed E-state index contributed by atoms with van der Waals surface area (Å²) in [6.07, 6.45) is 40.6. The van der Waals surface area contributed by atoms with Crippen molar-refractivity contribution in [1.29, 1.82) is 0 Å². The molecule has 3 amide bonds. The van der Waals surface area contributed by atoms with Gasteiger partial charge in [-0.3, -0.25) is 14.4 Å². The van der Waals surface area contributed by atoms with Gasteiger partial charge < -0.3 is 14.7 Å². The first-order valence-electron chi connectivity index (χ1n) is 21.0. The minimum Gasteiger partial charge on any atom is -0.307 e. The number of imidazole rings is 2. The highest BCUT2D eigenvalue weighted by Gasteiger charge is 2.31. The average molecular weight is 724 g/mol. The maximum Gasteiger partial charge on any atom is 0.248 e. The van der Waals surface area contributed by atoms with Gasteiger partial charge in [-0.1, -0.05) is 123 Å². The van der Waals surface area contributed by atoms with E-state index in [4.69, 9.17) is 0 Å². The second-order valence-electron chi connectivity index (χ2n) is 15.0. The number of aryl methyl sites for hydroxylation is 4. The van der Waals surface area contributed by atoms with Crippen LogP contribution in [0.5, 0.6) is 0 Å². The lowest BCUT2D eigenvalue weighted by atomic mass is 10.1. The first kappa shape index (κ1) is 43.0. The molecule has 3 rings (SSSR count). The Morgan fingerprint density at radius 1 is 0.538 bits per heavy atom. The van der Waals surface area contributed by atoms with Crippen molar-refractivity contribution in [3.63, 3.8) is 0 Å². The van der Waals surface area contributed by atoms with Gasteiger partial charge >= 0.3 is 0 Å². The van der Waals surface area contributed by atoms with Gasteiger partial charge in [-0.05, 0) is 31.8 Å². The van der Waals surface area contributed by atoms with Crippen LogP contribution in [0.3, 0.4) is 0 Å². The van der Waals surface area contributed by atoms with Crippen molar-refractivity contribution in [2.45, 2.75) is 181 Å². The van der Waals surface area contributed by atoms with Crippen LogP contribution >= 0.6 is 0 Å². The number of hydrogen-bond acceptors (Lipinski definition) is 3. The van der Waals surface area contributed by atoms with E-state index in [1.165, 1.54) is 127 Å². The zero-order valence-electron chi connectivity index (χ0n) is 33.1. The van der Waals surface area contributed by atoms with Crippen LogP contribution in [0.1, 0.15) is 155 Å². The topological polar surface area (TPSA) is 78.6 Å². The van der Waals surface area contributed by atoms with E-state index in [1.54, 1.807) is 9.80 Å². The maximum absolute atomic E-state index is 13.4. The Hall–Kier alpha value is -3.43. The Bertz CT molecular complexity index is 1200. The fraction of sp³-hybridized carbons (Fsp3) is 0.738. The Kier molecular flexibility index (Phi) is 21.8. The molecule has 10 heteroatoms. The Morgan fingerprint density at radius 3 is 1.25 bits per heavy atom. The third-order valence-electron chi connectivity index (χ3n) is 10.4. The number of aromatic nitrogens is 4. The van der Waals surface area contributed by atoms with E-state index in [1.807, 2.05) is 21.5 Å². The molecule has 0 saturated carbocycles. The minimum absolute atomic E-state index is 0.0762. The van der Waals surface area contributed by atoms with Crippen molar-refractivity contribution in [1.82, 2.24) is 23.8 Å². The van der Waals surface area contributed by atoms with Crippen LogP contribution in [0.2, 0.25) is 0 Å². The third kappa shape index (κ3) is 17.4. The van der Waals surface area contributed by atoms with Crippen molar-refractivity contribution in [2.24, 2.45) is 0 Å². The molecule has 0 atom stereocenters. The van der Waals surface area contributed by atoms with Crippen LogP contribution in [0, 0.1) is 0 Å². The molecule has 0 radical (unpaired) electrons. The summed E-state index contributed by atoms with van der Waals surface area (Å²) in [4.78, 5) is 44.1. The second-order valence-corrected chi connectivity index (χ2v) is 15.0. The summed E-state index contributed by atoms with van der Waals surface area (Å²) < 4.78 is 8.50. The van der Waals surface area contributed by atoms with Gasteiger partial charge in [-0.25, -0.2) is 18.3 Å². The van der Waals surface area contributed by atoms with E-state index in [9.17, 15) is 14.4 Å². The van der Waals surface area contributed by atoms with Crippen molar-refractivity contribution in [3.8, 4) is 0 Å². The fourth-order valence-electron chi connectivity index (χ4n) is 7.07. The predicted octanol–water partition coefficient (Wildman–Crippen LogP) is 7.74. The first-order chi connectivity index (χ1) is 25.4. The zero-order chi connectivity index (χ0) is 37.2. The molecule has 2 aromatic rings. The highest BCUT2D eigenvalue weighted by atomic mass is 16.2. The Labute approximate surface area is 315 Å². The van der Waals surface area contributed by atoms with Gasteiger partial charge in [0.1, 0.15) is 24.8 Å². The van der Waals surface area contributed by atoms with Gasteiger partial charge in [0.2, 0.25) is 30.4 Å². The SMILES string of the molecule is C=CC(=O)N1CN(C(=O)CCn2cc[n+](CCCCCCCCCCCC)c2)CN(C(=O)CCn2cc[n+](CCCCCCCCCCCC)c2)C1. The van der Waals surface area contributed by atoms with Crippen molar-refractivity contribution in [2.75, 3.05) is 20.0 Å². The lowest BCUT2D eigenvalue weighted by Crippen LogP contribution is -2.59. The highest BCUT2D eigenvalue weighted by molar-refractivity contribution is 5.88. The second kappa shape index (κ2) is 26.4.